The minimum Gasteiger partial charge on any atom is -0.378 e. The first-order chi connectivity index (χ1) is 16.5. The van der Waals surface area contributed by atoms with E-state index in [1.807, 2.05) is 24.9 Å². The number of anilines is 1. The molecule has 0 saturated carbocycles. The summed E-state index contributed by atoms with van der Waals surface area (Å²) >= 11 is 0. The third-order valence-corrected chi connectivity index (χ3v) is 6.02. The maximum atomic E-state index is 14.4. The number of aromatic nitrogens is 6. The average Bonchev–Trinajstić information content (AvgIpc) is 3.46. The number of morpholine rings is 1. The van der Waals surface area contributed by atoms with E-state index in [9.17, 15) is 8.78 Å². The molecule has 0 radical (unpaired) electrons. The highest BCUT2D eigenvalue weighted by molar-refractivity contribution is 14.0. The highest BCUT2D eigenvalue weighted by atomic mass is 127. The molecule has 11 heteroatoms. The SMILES string of the molecule is Cc1nc2nc(N3CCOCC3)nc(-c3ccc(F)cc3F)c2nc1C.I.c1cc2n(n1)CCC2. The van der Waals surface area contributed by atoms with Gasteiger partial charge in [-0.15, -0.1) is 24.0 Å². The lowest BCUT2D eigenvalue weighted by atomic mass is 10.1. The number of halogens is 3. The van der Waals surface area contributed by atoms with Crippen molar-refractivity contribution in [3.63, 3.8) is 0 Å². The third kappa shape index (κ3) is 5.40. The quantitative estimate of drug-likeness (QED) is 0.322. The molecule has 6 rings (SSSR count). The zero-order valence-corrected chi connectivity index (χ0v) is 21.9. The van der Waals surface area contributed by atoms with Crippen molar-refractivity contribution in [1.82, 2.24) is 29.7 Å². The van der Waals surface area contributed by atoms with Crippen LogP contribution in [0.4, 0.5) is 14.7 Å². The van der Waals surface area contributed by atoms with Crippen LogP contribution in [-0.4, -0.2) is 56.0 Å². The molecule has 2 aliphatic heterocycles. The van der Waals surface area contributed by atoms with Crippen LogP contribution in [0.25, 0.3) is 22.4 Å². The summed E-state index contributed by atoms with van der Waals surface area (Å²) in [6.07, 6.45) is 4.37. The lowest BCUT2D eigenvalue weighted by molar-refractivity contribution is 0.122. The molecule has 184 valence electrons. The van der Waals surface area contributed by atoms with Crippen LogP contribution in [-0.2, 0) is 17.7 Å². The molecule has 0 N–H and O–H groups in total. The van der Waals surface area contributed by atoms with Gasteiger partial charge in [-0.3, -0.25) is 4.68 Å². The molecule has 1 saturated heterocycles. The van der Waals surface area contributed by atoms with Gasteiger partial charge in [0.2, 0.25) is 5.95 Å². The van der Waals surface area contributed by atoms with E-state index in [2.05, 4.69) is 35.8 Å². The maximum Gasteiger partial charge on any atom is 0.228 e. The smallest absolute Gasteiger partial charge is 0.228 e. The van der Waals surface area contributed by atoms with Crippen molar-refractivity contribution >= 4 is 41.1 Å². The number of benzene rings is 1. The van der Waals surface area contributed by atoms with Crippen LogP contribution in [0.5, 0.6) is 0 Å². The lowest BCUT2D eigenvalue weighted by Crippen LogP contribution is -2.37. The molecule has 0 aliphatic carbocycles. The van der Waals surface area contributed by atoms with E-state index in [-0.39, 0.29) is 29.5 Å². The van der Waals surface area contributed by atoms with Crippen LogP contribution in [0, 0.1) is 25.5 Å². The summed E-state index contributed by atoms with van der Waals surface area (Å²) in [7, 11) is 0. The van der Waals surface area contributed by atoms with Gasteiger partial charge in [-0.1, -0.05) is 0 Å². The first-order valence-electron chi connectivity index (χ1n) is 11.3. The second-order valence-electron chi connectivity index (χ2n) is 8.31. The fraction of sp³-hybridized carbons (Fsp3) is 0.375. The molecule has 0 atom stereocenters. The van der Waals surface area contributed by atoms with E-state index >= 15 is 0 Å². The molecule has 2 aliphatic rings. The first kappa shape index (κ1) is 25.3. The van der Waals surface area contributed by atoms with Gasteiger partial charge in [-0.25, -0.2) is 23.7 Å². The summed E-state index contributed by atoms with van der Waals surface area (Å²) in [6.45, 7) is 7.20. The summed E-state index contributed by atoms with van der Waals surface area (Å²) in [5.74, 6) is -0.897. The van der Waals surface area contributed by atoms with E-state index in [4.69, 9.17) is 4.74 Å². The van der Waals surface area contributed by atoms with Crippen LogP contribution < -0.4 is 4.90 Å². The summed E-state index contributed by atoms with van der Waals surface area (Å²) in [4.78, 5) is 20.0. The second-order valence-corrected chi connectivity index (χ2v) is 8.31. The molecular formula is C24H26F2IN7O. The molecule has 4 aromatic rings. The highest BCUT2D eigenvalue weighted by Gasteiger charge is 2.21. The Bertz CT molecular complexity index is 1320. The van der Waals surface area contributed by atoms with E-state index in [0.717, 1.165) is 18.3 Å². The Morgan fingerprint density at radius 2 is 1.69 bits per heavy atom. The minimum atomic E-state index is -0.696. The molecule has 1 aromatic carbocycles. The van der Waals surface area contributed by atoms with E-state index < -0.39 is 11.6 Å². The lowest BCUT2D eigenvalue weighted by Gasteiger charge is -2.27. The van der Waals surface area contributed by atoms with Crippen molar-refractivity contribution < 1.29 is 13.5 Å². The van der Waals surface area contributed by atoms with Crippen molar-refractivity contribution in [2.45, 2.75) is 33.2 Å². The Balaban J connectivity index is 0.000000270. The molecular weight excluding hydrogens is 567 g/mol. The normalized spacial score (nSPS) is 14.8. The van der Waals surface area contributed by atoms with Crippen molar-refractivity contribution in [3.05, 3.63) is 59.2 Å². The monoisotopic (exact) mass is 593 g/mol. The third-order valence-electron chi connectivity index (χ3n) is 6.02. The molecule has 0 spiro atoms. The van der Waals surface area contributed by atoms with Crippen LogP contribution in [0.1, 0.15) is 23.5 Å². The van der Waals surface area contributed by atoms with Gasteiger partial charge in [0.25, 0.3) is 0 Å². The van der Waals surface area contributed by atoms with E-state index in [0.29, 0.717) is 54.8 Å². The van der Waals surface area contributed by atoms with Gasteiger partial charge in [-0.2, -0.15) is 10.1 Å². The van der Waals surface area contributed by atoms with Crippen LogP contribution in [0.2, 0.25) is 0 Å². The number of rotatable bonds is 2. The molecule has 0 amide bonds. The number of hydrogen-bond acceptors (Lipinski definition) is 7. The summed E-state index contributed by atoms with van der Waals surface area (Å²) in [6, 6.07) is 5.50. The van der Waals surface area contributed by atoms with Crippen LogP contribution in [0.15, 0.2) is 30.5 Å². The molecule has 1 fully saturated rings. The summed E-state index contributed by atoms with van der Waals surface area (Å²) in [5.41, 5.74) is 4.12. The first-order valence-corrected chi connectivity index (χ1v) is 11.3. The topological polar surface area (TPSA) is 81.9 Å². The number of nitrogens with zero attached hydrogens (tertiary/aromatic N) is 7. The van der Waals surface area contributed by atoms with Gasteiger partial charge >= 0.3 is 0 Å². The van der Waals surface area contributed by atoms with Crippen molar-refractivity contribution in [2.75, 3.05) is 31.2 Å². The van der Waals surface area contributed by atoms with Crippen LogP contribution in [0.3, 0.4) is 0 Å². The number of hydrogen-bond donors (Lipinski definition) is 0. The van der Waals surface area contributed by atoms with Gasteiger partial charge in [0.15, 0.2) is 5.65 Å². The van der Waals surface area contributed by atoms with Gasteiger partial charge in [-0.05, 0) is 44.9 Å². The fourth-order valence-electron chi connectivity index (χ4n) is 4.06. The Kier molecular flexibility index (Phi) is 7.85. The minimum absolute atomic E-state index is 0. The van der Waals surface area contributed by atoms with Crippen LogP contribution >= 0.6 is 24.0 Å². The Labute approximate surface area is 218 Å². The zero-order valence-electron chi connectivity index (χ0n) is 19.5. The van der Waals surface area contributed by atoms with Crippen molar-refractivity contribution in [2.24, 2.45) is 0 Å². The fourth-order valence-corrected chi connectivity index (χ4v) is 4.06. The van der Waals surface area contributed by atoms with E-state index in [1.54, 1.807) is 0 Å². The predicted octanol–water partition coefficient (Wildman–Crippen LogP) is 4.27. The summed E-state index contributed by atoms with van der Waals surface area (Å²) in [5, 5.41) is 4.11. The second kappa shape index (κ2) is 10.9. The largest absolute Gasteiger partial charge is 0.378 e. The Hall–Kier alpha value is -2.80. The molecule has 5 heterocycles. The van der Waals surface area contributed by atoms with Crippen molar-refractivity contribution in [3.8, 4) is 11.3 Å². The Morgan fingerprint density at radius 1 is 0.914 bits per heavy atom. The van der Waals surface area contributed by atoms with Gasteiger partial charge in [0.1, 0.15) is 22.8 Å². The Morgan fingerprint density at radius 3 is 2.43 bits per heavy atom. The van der Waals surface area contributed by atoms with Gasteiger partial charge in [0, 0.05) is 43.2 Å². The molecule has 3 aromatic heterocycles. The average molecular weight is 593 g/mol. The number of fused-ring (bicyclic) bond motifs is 2. The number of ether oxygens (including phenoxy) is 1. The zero-order chi connectivity index (χ0) is 23.7. The van der Waals surface area contributed by atoms with Crippen molar-refractivity contribution in [1.29, 1.82) is 0 Å². The molecule has 8 nitrogen and oxygen atoms in total. The molecule has 35 heavy (non-hydrogen) atoms. The number of aryl methyl sites for hydroxylation is 4. The standard InChI is InChI=1S/C18H17F2N5O.C6H8N2.HI/c1-10-11(2)22-17-16(21-10)15(13-4-3-12(19)9-14(13)20)23-18(24-17)25-5-7-26-8-6-25;1-2-6-3-4-7-8(6)5-1;/h3-4,9H,5-8H2,1-2H3;3-4H,1-2,5H2;1H. The van der Waals surface area contributed by atoms with Gasteiger partial charge < -0.3 is 9.64 Å². The predicted molar refractivity (Wildman–Crippen MR) is 139 cm³/mol. The molecule has 0 unspecified atom stereocenters. The highest BCUT2D eigenvalue weighted by Crippen LogP contribution is 2.29. The molecule has 0 bridgehead atoms. The van der Waals surface area contributed by atoms with Gasteiger partial charge in [0.05, 0.1) is 24.6 Å². The summed E-state index contributed by atoms with van der Waals surface area (Å²) < 4.78 is 35.2. The van der Waals surface area contributed by atoms with E-state index in [1.165, 1.54) is 30.7 Å². The maximum absolute atomic E-state index is 14.4.